The average molecular weight is 606 g/mol. The van der Waals surface area contributed by atoms with Crippen molar-refractivity contribution in [2.45, 2.75) is 53.4 Å². The maximum absolute atomic E-state index is 14.4. The number of thiazole rings is 1. The van der Waals surface area contributed by atoms with Gasteiger partial charge in [0, 0.05) is 36.4 Å². The average Bonchev–Trinajstić information content (AvgIpc) is 3.48. The summed E-state index contributed by atoms with van der Waals surface area (Å²) in [4.78, 5) is 43.7. The summed E-state index contributed by atoms with van der Waals surface area (Å²) in [7, 11) is 0. The monoisotopic (exact) mass is 605 g/mol. The number of carbonyl (C=O) groups is 1. The first kappa shape index (κ1) is 30.2. The highest BCUT2D eigenvalue weighted by Gasteiger charge is 2.27. The molecular weight excluding hydrogens is 572 g/mol. The van der Waals surface area contributed by atoms with Crippen molar-refractivity contribution in [2.75, 3.05) is 19.7 Å². The number of allylic oxidation sites excluding steroid dienone is 1. The van der Waals surface area contributed by atoms with Gasteiger partial charge in [0.15, 0.2) is 0 Å². The van der Waals surface area contributed by atoms with Gasteiger partial charge in [-0.2, -0.15) is 0 Å². The lowest BCUT2D eigenvalue weighted by atomic mass is 10.0. The summed E-state index contributed by atoms with van der Waals surface area (Å²) in [6.07, 6.45) is 4.90. The third-order valence-corrected chi connectivity index (χ3v) is 7.94. The fourth-order valence-electron chi connectivity index (χ4n) is 5.03. The van der Waals surface area contributed by atoms with Gasteiger partial charge in [0.2, 0.25) is 5.88 Å². The topological polar surface area (TPSA) is 90.2 Å². The Morgan fingerprint density at radius 2 is 1.86 bits per heavy atom. The van der Waals surface area contributed by atoms with Crippen LogP contribution in [0.5, 0.6) is 5.88 Å². The highest BCUT2D eigenvalue weighted by Crippen LogP contribution is 2.32. The molecule has 1 amide bonds. The molecule has 5 heterocycles. The van der Waals surface area contributed by atoms with Crippen molar-refractivity contribution in [3.05, 3.63) is 80.4 Å². The van der Waals surface area contributed by atoms with Gasteiger partial charge >= 0.3 is 0 Å². The molecule has 0 N–H and O–H groups in total. The maximum atomic E-state index is 14.4. The van der Waals surface area contributed by atoms with E-state index >= 15 is 0 Å². The molecular formula is C32H33F2N5O3S. The number of likely N-dealkylation sites (tertiary alicyclic amines) is 1. The SMILES string of the molecule is CCOc1ncc(C)cc1-n1c(C=C(C)C)c(C(=O)N2CCCCC2)cc(-c2nc(-c3ccc(C(F)F)cn3)cs2)c1=O. The molecule has 0 atom stereocenters. The number of amides is 1. The van der Waals surface area contributed by atoms with Gasteiger partial charge < -0.3 is 9.64 Å². The molecule has 0 aliphatic carbocycles. The Morgan fingerprint density at radius 1 is 1.09 bits per heavy atom. The lowest BCUT2D eigenvalue weighted by molar-refractivity contribution is 0.0723. The van der Waals surface area contributed by atoms with Crippen LogP contribution in [-0.2, 0) is 0 Å². The first-order chi connectivity index (χ1) is 20.7. The van der Waals surface area contributed by atoms with Crippen LogP contribution >= 0.6 is 11.3 Å². The zero-order valence-corrected chi connectivity index (χ0v) is 25.4. The van der Waals surface area contributed by atoms with Gasteiger partial charge in [-0.05, 0) is 82.9 Å². The second kappa shape index (κ2) is 12.9. The lowest BCUT2D eigenvalue weighted by Gasteiger charge is -2.28. The molecule has 224 valence electrons. The quantitative estimate of drug-likeness (QED) is 0.213. The molecule has 0 spiro atoms. The minimum Gasteiger partial charge on any atom is -0.476 e. The summed E-state index contributed by atoms with van der Waals surface area (Å²) in [5.41, 5.74) is 3.46. The zero-order chi connectivity index (χ0) is 30.7. The van der Waals surface area contributed by atoms with Crippen molar-refractivity contribution in [1.29, 1.82) is 0 Å². The fraction of sp³-hybridized carbons (Fsp3) is 0.344. The number of hydrogen-bond donors (Lipinski definition) is 0. The molecule has 8 nitrogen and oxygen atoms in total. The summed E-state index contributed by atoms with van der Waals surface area (Å²) >= 11 is 1.22. The van der Waals surface area contributed by atoms with E-state index in [-0.39, 0.29) is 22.9 Å². The predicted octanol–water partition coefficient (Wildman–Crippen LogP) is 7.11. The van der Waals surface area contributed by atoms with Crippen molar-refractivity contribution < 1.29 is 18.3 Å². The second-order valence-electron chi connectivity index (χ2n) is 10.7. The Morgan fingerprint density at radius 3 is 2.51 bits per heavy atom. The lowest BCUT2D eigenvalue weighted by Crippen LogP contribution is -2.37. The van der Waals surface area contributed by atoms with Gasteiger partial charge in [0.1, 0.15) is 16.4 Å². The van der Waals surface area contributed by atoms with E-state index in [1.807, 2.05) is 44.7 Å². The Balaban J connectivity index is 1.76. The molecule has 0 unspecified atom stereocenters. The molecule has 1 fully saturated rings. The first-order valence-corrected chi connectivity index (χ1v) is 15.1. The molecule has 43 heavy (non-hydrogen) atoms. The standard InChI is InChI=1S/C32H33F2N5O3S/c1-5-42-29-27(14-20(4)16-36-29)39-26(13-19(2)3)22(31(40)38-11-7-6-8-12-38)15-23(32(39)41)30-37-25(18-43-30)24-10-9-21(17-35-24)28(33)34/h9-10,13-18,28H,5-8,11-12H2,1-4H3. The Bertz CT molecular complexity index is 1720. The predicted molar refractivity (Wildman–Crippen MR) is 164 cm³/mol. The van der Waals surface area contributed by atoms with E-state index in [2.05, 4.69) is 15.0 Å². The normalized spacial score (nSPS) is 13.3. The van der Waals surface area contributed by atoms with Gasteiger partial charge in [-0.15, -0.1) is 11.3 Å². The number of ether oxygens (including phenoxy) is 1. The van der Waals surface area contributed by atoms with E-state index in [9.17, 15) is 18.4 Å². The smallest absolute Gasteiger partial charge is 0.266 e. The largest absolute Gasteiger partial charge is 0.476 e. The summed E-state index contributed by atoms with van der Waals surface area (Å²) in [6, 6.07) is 6.24. The molecule has 4 aromatic rings. The number of aromatic nitrogens is 4. The molecule has 0 bridgehead atoms. The van der Waals surface area contributed by atoms with Crippen LogP contribution in [-0.4, -0.2) is 50.0 Å². The number of piperidine rings is 1. The third kappa shape index (κ3) is 6.41. The van der Waals surface area contributed by atoms with Crippen molar-refractivity contribution in [2.24, 2.45) is 0 Å². The summed E-state index contributed by atoms with van der Waals surface area (Å²) in [5.74, 6) is 0.108. The number of halogens is 2. The number of alkyl halides is 2. The molecule has 4 aromatic heterocycles. The maximum Gasteiger partial charge on any atom is 0.266 e. The molecule has 11 heteroatoms. The number of aryl methyl sites for hydroxylation is 1. The molecule has 1 saturated heterocycles. The highest BCUT2D eigenvalue weighted by molar-refractivity contribution is 7.13. The Labute approximate surface area is 252 Å². The van der Waals surface area contributed by atoms with E-state index in [0.29, 0.717) is 53.0 Å². The van der Waals surface area contributed by atoms with E-state index in [1.165, 1.54) is 28.0 Å². The van der Waals surface area contributed by atoms with Crippen LogP contribution < -0.4 is 10.3 Å². The van der Waals surface area contributed by atoms with E-state index < -0.39 is 12.0 Å². The second-order valence-corrected chi connectivity index (χ2v) is 11.5. The van der Waals surface area contributed by atoms with Crippen molar-refractivity contribution in [3.8, 4) is 33.5 Å². The van der Waals surface area contributed by atoms with Crippen LogP contribution in [0.25, 0.3) is 33.7 Å². The van der Waals surface area contributed by atoms with Crippen molar-refractivity contribution in [1.82, 2.24) is 24.4 Å². The molecule has 1 aliphatic rings. The summed E-state index contributed by atoms with van der Waals surface area (Å²) < 4.78 is 33.5. The van der Waals surface area contributed by atoms with E-state index in [4.69, 9.17) is 4.74 Å². The third-order valence-electron chi connectivity index (χ3n) is 7.06. The van der Waals surface area contributed by atoms with Crippen molar-refractivity contribution in [3.63, 3.8) is 0 Å². The molecule has 0 radical (unpaired) electrons. The minimum absolute atomic E-state index is 0.165. The number of pyridine rings is 3. The van der Waals surface area contributed by atoms with Crippen LogP contribution in [0.4, 0.5) is 8.78 Å². The number of hydrogen-bond acceptors (Lipinski definition) is 7. The van der Waals surface area contributed by atoms with Crippen LogP contribution in [0.2, 0.25) is 0 Å². The first-order valence-electron chi connectivity index (χ1n) is 14.2. The van der Waals surface area contributed by atoms with Crippen LogP contribution in [0.3, 0.4) is 0 Å². The summed E-state index contributed by atoms with van der Waals surface area (Å²) in [5, 5.41) is 2.10. The van der Waals surface area contributed by atoms with E-state index in [0.717, 1.165) is 36.6 Å². The van der Waals surface area contributed by atoms with Gasteiger partial charge in [0.25, 0.3) is 17.9 Å². The summed E-state index contributed by atoms with van der Waals surface area (Å²) in [6.45, 7) is 9.15. The molecule has 5 rings (SSSR count). The van der Waals surface area contributed by atoms with Gasteiger partial charge in [0.05, 0.1) is 29.1 Å². The number of carbonyl (C=O) groups excluding carboxylic acids is 1. The van der Waals surface area contributed by atoms with Crippen LogP contribution in [0.15, 0.2) is 52.4 Å². The Hall–Kier alpha value is -4.25. The van der Waals surface area contributed by atoms with Crippen molar-refractivity contribution >= 4 is 23.3 Å². The van der Waals surface area contributed by atoms with E-state index in [1.54, 1.807) is 17.6 Å². The fourth-order valence-corrected chi connectivity index (χ4v) is 5.85. The molecule has 0 saturated carbocycles. The zero-order valence-electron chi connectivity index (χ0n) is 24.6. The molecule has 0 aromatic carbocycles. The van der Waals surface area contributed by atoms with Crippen LogP contribution in [0.1, 0.15) is 73.6 Å². The highest BCUT2D eigenvalue weighted by atomic mass is 32.1. The van der Waals surface area contributed by atoms with Gasteiger partial charge in [-0.1, -0.05) is 5.57 Å². The molecule has 1 aliphatic heterocycles. The number of nitrogens with zero attached hydrogens (tertiary/aromatic N) is 5. The minimum atomic E-state index is -2.63. The van der Waals surface area contributed by atoms with Gasteiger partial charge in [-0.3, -0.25) is 19.1 Å². The Kier molecular flexibility index (Phi) is 9.10. The number of rotatable bonds is 8. The van der Waals surface area contributed by atoms with Crippen LogP contribution in [0, 0.1) is 6.92 Å². The van der Waals surface area contributed by atoms with Gasteiger partial charge in [-0.25, -0.2) is 18.7 Å².